The molecule has 0 unspecified atom stereocenters. The number of phenols is 1. The smallest absolute Gasteiger partial charge is 0.455 e. The molecule has 2 heterocycles. The number of rotatable bonds is 10. The first kappa shape index (κ1) is 39.5. The van der Waals surface area contributed by atoms with E-state index in [1.54, 1.807) is 11.0 Å². The predicted molar refractivity (Wildman–Crippen MR) is 231 cm³/mol. The van der Waals surface area contributed by atoms with Gasteiger partial charge in [-0.15, -0.1) is 0 Å². The van der Waals surface area contributed by atoms with Crippen molar-refractivity contribution >= 4 is 54.5 Å². The number of hydrogen-bond donors (Lipinski definition) is 2. The lowest BCUT2D eigenvalue weighted by Gasteiger charge is -2.46. The molecule has 0 radical (unpaired) electrons. The molecule has 4 aromatic carbocycles. The van der Waals surface area contributed by atoms with Crippen LogP contribution in [0.4, 0.5) is 0 Å². The Morgan fingerprint density at radius 3 is 2.14 bits per heavy atom. The average Bonchev–Trinajstić information content (AvgIpc) is 3.47. The van der Waals surface area contributed by atoms with Crippen molar-refractivity contribution in [2.24, 2.45) is 17.8 Å². The fourth-order valence-corrected chi connectivity index (χ4v) is 15.3. The third kappa shape index (κ3) is 7.37. The third-order valence-electron chi connectivity index (χ3n) is 13.3. The zero-order valence-corrected chi connectivity index (χ0v) is 34.8. The molecule has 4 aromatic rings. The summed E-state index contributed by atoms with van der Waals surface area (Å²) in [6.45, 7) is 9.24. The summed E-state index contributed by atoms with van der Waals surface area (Å²) in [7, 11) is -3.99. The minimum atomic E-state index is -2.95. The zero-order valence-electron chi connectivity index (χ0n) is 33.8. The van der Waals surface area contributed by atoms with Crippen molar-refractivity contribution in [1.29, 1.82) is 0 Å². The van der Waals surface area contributed by atoms with Gasteiger partial charge in [-0.1, -0.05) is 143 Å². The Labute approximate surface area is 339 Å². The predicted octanol–water partition coefficient (Wildman–Crippen LogP) is 8.44. The van der Waals surface area contributed by atoms with Crippen LogP contribution in [0.5, 0.6) is 5.75 Å². The lowest BCUT2D eigenvalue weighted by Crippen LogP contribution is -2.66. The summed E-state index contributed by atoms with van der Waals surface area (Å²) in [5.41, 5.74) is 4.26. The van der Waals surface area contributed by atoms with Gasteiger partial charge in [-0.2, -0.15) is 0 Å². The van der Waals surface area contributed by atoms with E-state index in [4.69, 9.17) is 9.08 Å². The molecule has 8 rings (SSSR count). The van der Waals surface area contributed by atoms with Crippen LogP contribution in [0.25, 0.3) is 16.8 Å². The van der Waals surface area contributed by atoms with Crippen LogP contribution in [0, 0.1) is 17.8 Å². The van der Waals surface area contributed by atoms with E-state index in [1.807, 2.05) is 42.5 Å². The van der Waals surface area contributed by atoms with Crippen molar-refractivity contribution in [2.75, 3.05) is 6.61 Å². The molecule has 3 fully saturated rings. The van der Waals surface area contributed by atoms with Gasteiger partial charge in [-0.25, -0.2) is 0 Å². The Hall–Kier alpha value is -4.28. The Bertz CT molecular complexity index is 2140. The first-order chi connectivity index (χ1) is 27.5. The van der Waals surface area contributed by atoms with E-state index < -0.39 is 33.4 Å². The molecule has 1 saturated carbocycles. The highest BCUT2D eigenvalue weighted by atomic mass is 28.4. The number of aromatic hydroxyl groups is 1. The van der Waals surface area contributed by atoms with Gasteiger partial charge >= 0.3 is 7.12 Å². The SMILES string of the molecule is C/C(=C\c1ccc(O)c2ccccc12)CC[C@H]1OB(O)C[C@H]2C1=C(CO[Si](c1ccccc1)(c1ccccc1)C(C)(C)C)C[C@H]1C(=O)N(C3CCCCC3)C(=O)[C@H]12. The molecule has 4 atom stereocenters. The van der Waals surface area contributed by atoms with Gasteiger partial charge in [0.2, 0.25) is 11.8 Å². The molecule has 7 nitrogen and oxygen atoms in total. The van der Waals surface area contributed by atoms with Crippen LogP contribution in [0.3, 0.4) is 0 Å². The van der Waals surface area contributed by atoms with Gasteiger partial charge in [0.25, 0.3) is 8.32 Å². The number of allylic oxidation sites excluding steroid dienone is 1. The van der Waals surface area contributed by atoms with E-state index in [-0.39, 0.29) is 40.9 Å². The number of likely N-dealkylation sites (tertiary alicyclic amines) is 1. The minimum absolute atomic E-state index is 0.0451. The van der Waals surface area contributed by atoms with Crippen molar-refractivity contribution in [3.8, 4) is 5.75 Å². The minimum Gasteiger partial charge on any atom is -0.507 e. The van der Waals surface area contributed by atoms with Crippen molar-refractivity contribution in [1.82, 2.24) is 4.90 Å². The van der Waals surface area contributed by atoms with E-state index in [0.29, 0.717) is 25.9 Å². The second-order valence-electron chi connectivity index (χ2n) is 17.9. The number of hydrogen-bond acceptors (Lipinski definition) is 6. The van der Waals surface area contributed by atoms with E-state index in [9.17, 15) is 19.7 Å². The first-order valence-corrected chi connectivity index (χ1v) is 22.9. The van der Waals surface area contributed by atoms with Crippen LogP contribution in [0.2, 0.25) is 11.4 Å². The molecule has 2 saturated heterocycles. The lowest BCUT2D eigenvalue weighted by molar-refractivity contribution is -0.143. The summed E-state index contributed by atoms with van der Waals surface area (Å²) in [5, 5.41) is 25.8. The number of benzene rings is 4. The quantitative estimate of drug-likeness (QED) is 0.0954. The number of phenolic OH excluding ortho intramolecular Hbond substituents is 1. The Balaban J connectivity index is 1.18. The molecule has 0 bridgehead atoms. The topological polar surface area (TPSA) is 96.3 Å². The van der Waals surface area contributed by atoms with Crippen LogP contribution >= 0.6 is 0 Å². The van der Waals surface area contributed by atoms with Crippen LogP contribution in [-0.4, -0.2) is 61.0 Å². The van der Waals surface area contributed by atoms with E-state index >= 15 is 0 Å². The molecule has 2 amide bonds. The highest BCUT2D eigenvalue weighted by molar-refractivity contribution is 6.99. The van der Waals surface area contributed by atoms with Gasteiger partial charge < -0.3 is 19.2 Å². The van der Waals surface area contributed by atoms with Crippen LogP contribution in [0.15, 0.2) is 114 Å². The summed E-state index contributed by atoms with van der Waals surface area (Å²) < 4.78 is 14.0. The van der Waals surface area contributed by atoms with E-state index in [1.165, 1.54) is 10.4 Å². The fraction of sp³-hybridized carbons (Fsp3) is 0.417. The number of fused-ring (bicyclic) bond motifs is 4. The molecule has 57 heavy (non-hydrogen) atoms. The van der Waals surface area contributed by atoms with Gasteiger partial charge in [0.15, 0.2) is 0 Å². The maximum absolute atomic E-state index is 14.6. The number of imide groups is 1. The summed E-state index contributed by atoms with van der Waals surface area (Å²) in [4.78, 5) is 30.7. The highest BCUT2D eigenvalue weighted by Gasteiger charge is 2.59. The highest BCUT2D eigenvalue weighted by Crippen LogP contribution is 2.52. The summed E-state index contributed by atoms with van der Waals surface area (Å²) in [5.74, 6) is -1.14. The van der Waals surface area contributed by atoms with Gasteiger partial charge in [0.1, 0.15) is 5.75 Å². The normalized spacial score (nSPS) is 23.6. The van der Waals surface area contributed by atoms with Gasteiger partial charge in [-0.05, 0) is 94.8 Å². The Morgan fingerprint density at radius 1 is 0.860 bits per heavy atom. The molecule has 4 aliphatic rings. The maximum atomic E-state index is 14.6. The zero-order chi connectivity index (χ0) is 39.9. The second-order valence-corrected chi connectivity index (χ2v) is 22.2. The number of carbonyl (C=O) groups excluding carboxylic acids is 2. The van der Waals surface area contributed by atoms with Crippen LogP contribution in [0.1, 0.15) is 84.6 Å². The van der Waals surface area contributed by atoms with E-state index in [0.717, 1.165) is 65.2 Å². The molecule has 2 N–H and O–H groups in total. The molecule has 0 aromatic heterocycles. The van der Waals surface area contributed by atoms with Crippen molar-refractivity contribution in [3.63, 3.8) is 0 Å². The van der Waals surface area contributed by atoms with Gasteiger partial charge in [0.05, 0.1) is 24.5 Å². The van der Waals surface area contributed by atoms with Crippen molar-refractivity contribution < 1.29 is 28.8 Å². The number of amides is 2. The summed E-state index contributed by atoms with van der Waals surface area (Å²) >= 11 is 0. The fourth-order valence-electron chi connectivity index (χ4n) is 10.7. The van der Waals surface area contributed by atoms with Gasteiger partial charge in [-0.3, -0.25) is 14.5 Å². The monoisotopic (exact) mass is 781 g/mol. The molecular weight excluding hydrogens is 725 g/mol. The third-order valence-corrected chi connectivity index (χ3v) is 18.3. The molecule has 296 valence electrons. The van der Waals surface area contributed by atoms with Gasteiger partial charge in [0, 0.05) is 11.4 Å². The molecule has 9 heteroatoms. The van der Waals surface area contributed by atoms with Crippen LogP contribution in [-0.2, 0) is 18.7 Å². The lowest BCUT2D eigenvalue weighted by atomic mass is 9.58. The largest absolute Gasteiger partial charge is 0.507 e. The second kappa shape index (κ2) is 16.2. The Morgan fingerprint density at radius 2 is 1.49 bits per heavy atom. The number of carbonyl (C=O) groups is 2. The Kier molecular flexibility index (Phi) is 11.2. The summed E-state index contributed by atoms with van der Waals surface area (Å²) in [6.07, 6.45) is 8.68. The molecule has 0 spiro atoms. The van der Waals surface area contributed by atoms with Crippen LogP contribution < -0.4 is 10.4 Å². The maximum Gasteiger partial charge on any atom is 0.455 e. The van der Waals surface area contributed by atoms with E-state index in [2.05, 4.69) is 82.3 Å². The standard InChI is InChI=1S/C48H56BNO6Si/c1-32(28-33-25-26-42(51)39-23-15-14-22-38(33)39)24-27-43-44-34(31-55-57(48(2,3)4,36-18-10-6-11-19-36)37-20-12-7-13-21-37)29-40-45(41(44)30-49(54)56-43)47(53)50(46(40)52)35-16-8-5-9-17-35/h6-7,10-15,18-23,25-26,28,35,40-41,43,45,51,54H,5,8-9,16-17,24,27,29-31H2,1-4H3/b32-28+/t40-,41+,43-,45-/m1/s1. The number of nitrogens with zero attached hydrogens (tertiary/aromatic N) is 1. The molecule has 2 aliphatic carbocycles. The summed E-state index contributed by atoms with van der Waals surface area (Å²) in [6, 6.07) is 32.7. The molecule has 2 aliphatic heterocycles. The average molecular weight is 782 g/mol. The first-order valence-electron chi connectivity index (χ1n) is 21.0. The van der Waals surface area contributed by atoms with Crippen molar-refractivity contribution in [3.05, 3.63) is 119 Å². The van der Waals surface area contributed by atoms with Crippen molar-refractivity contribution in [2.45, 2.75) is 103 Å². The molecular formula is C48H56BNO6Si.